The molecule has 0 aromatic carbocycles. The van der Waals surface area contributed by atoms with E-state index in [-0.39, 0.29) is 0 Å². The number of nitrogens with zero attached hydrogens (tertiary/aromatic N) is 1. The first-order valence-electron chi connectivity index (χ1n) is 8.31. The van der Waals surface area contributed by atoms with Crippen LogP contribution in [0.5, 0.6) is 0 Å². The number of alkyl carbamates (subject to hydrolysis) is 1. The maximum Gasteiger partial charge on any atom is 0.407 e. The van der Waals surface area contributed by atoms with E-state index < -0.39 is 11.7 Å². The third-order valence-corrected chi connectivity index (χ3v) is 3.09. The molecule has 6 heteroatoms. The molecule has 0 aliphatic rings. The van der Waals surface area contributed by atoms with E-state index in [0.29, 0.717) is 19.0 Å². The summed E-state index contributed by atoms with van der Waals surface area (Å²) in [4.78, 5) is 16.1. The van der Waals surface area contributed by atoms with Crippen molar-refractivity contribution in [1.82, 2.24) is 16.0 Å². The molecule has 0 saturated heterocycles. The van der Waals surface area contributed by atoms with Crippen molar-refractivity contribution in [2.24, 2.45) is 10.9 Å². The van der Waals surface area contributed by atoms with Crippen LogP contribution in [0.2, 0.25) is 0 Å². The van der Waals surface area contributed by atoms with E-state index in [0.717, 1.165) is 31.9 Å². The Balaban J connectivity index is 4.10. The fraction of sp³-hybridized carbons (Fsp3) is 0.875. The van der Waals surface area contributed by atoms with Gasteiger partial charge in [0.1, 0.15) is 5.60 Å². The van der Waals surface area contributed by atoms with Crippen molar-refractivity contribution in [3.63, 3.8) is 0 Å². The zero-order chi connectivity index (χ0) is 17.0. The van der Waals surface area contributed by atoms with Crippen molar-refractivity contribution in [2.45, 2.75) is 60.0 Å². The SMILES string of the molecule is CCNC(=NCC(CC)CC)NCCNC(=O)OC(C)(C)C. The predicted octanol–water partition coefficient (Wildman–Crippen LogP) is 2.50. The second-order valence-corrected chi connectivity index (χ2v) is 6.26. The van der Waals surface area contributed by atoms with Crippen molar-refractivity contribution in [3.05, 3.63) is 0 Å². The highest BCUT2D eigenvalue weighted by molar-refractivity contribution is 5.79. The Bertz CT molecular complexity index is 334. The molecule has 0 aliphatic carbocycles. The molecule has 0 bridgehead atoms. The molecule has 0 spiro atoms. The number of carbonyl (C=O) groups excluding carboxylic acids is 1. The maximum absolute atomic E-state index is 11.5. The van der Waals surface area contributed by atoms with E-state index in [1.165, 1.54) is 0 Å². The lowest BCUT2D eigenvalue weighted by Gasteiger charge is -2.20. The van der Waals surface area contributed by atoms with Gasteiger partial charge in [0.15, 0.2) is 5.96 Å². The minimum Gasteiger partial charge on any atom is -0.444 e. The van der Waals surface area contributed by atoms with Crippen molar-refractivity contribution < 1.29 is 9.53 Å². The van der Waals surface area contributed by atoms with Crippen molar-refractivity contribution in [1.29, 1.82) is 0 Å². The molecule has 0 radical (unpaired) electrons. The van der Waals surface area contributed by atoms with E-state index in [4.69, 9.17) is 4.74 Å². The van der Waals surface area contributed by atoms with Gasteiger partial charge in [0.05, 0.1) is 0 Å². The van der Waals surface area contributed by atoms with Crippen LogP contribution in [0, 0.1) is 5.92 Å². The number of guanidine groups is 1. The molecule has 0 atom stereocenters. The van der Waals surface area contributed by atoms with Crippen LogP contribution in [0.4, 0.5) is 4.79 Å². The Hall–Kier alpha value is -1.46. The predicted molar refractivity (Wildman–Crippen MR) is 92.3 cm³/mol. The van der Waals surface area contributed by atoms with Crippen LogP contribution in [-0.4, -0.2) is 43.8 Å². The summed E-state index contributed by atoms with van der Waals surface area (Å²) >= 11 is 0. The normalized spacial score (nSPS) is 12.2. The summed E-state index contributed by atoms with van der Waals surface area (Å²) in [6, 6.07) is 0. The van der Waals surface area contributed by atoms with Crippen LogP contribution in [0.3, 0.4) is 0 Å². The van der Waals surface area contributed by atoms with E-state index in [2.05, 4.69) is 34.8 Å². The number of rotatable bonds is 8. The van der Waals surface area contributed by atoms with Crippen molar-refractivity contribution in [3.8, 4) is 0 Å². The number of hydrogen-bond acceptors (Lipinski definition) is 3. The molecule has 0 aromatic rings. The Morgan fingerprint density at radius 2 is 1.64 bits per heavy atom. The molecule has 0 fully saturated rings. The maximum atomic E-state index is 11.5. The zero-order valence-electron chi connectivity index (χ0n) is 15.1. The fourth-order valence-corrected chi connectivity index (χ4v) is 1.77. The molecule has 0 rings (SSSR count). The molecular formula is C16H34N4O2. The third kappa shape index (κ3) is 11.2. The van der Waals surface area contributed by atoms with Crippen LogP contribution in [0.1, 0.15) is 54.4 Å². The summed E-state index contributed by atoms with van der Waals surface area (Å²) < 4.78 is 5.18. The second kappa shape index (κ2) is 11.2. The van der Waals surface area contributed by atoms with Crippen LogP contribution in [0.25, 0.3) is 0 Å². The van der Waals surface area contributed by atoms with E-state index in [1.54, 1.807) is 0 Å². The largest absolute Gasteiger partial charge is 0.444 e. The first-order valence-corrected chi connectivity index (χ1v) is 8.31. The lowest BCUT2D eigenvalue weighted by atomic mass is 10.0. The summed E-state index contributed by atoms with van der Waals surface area (Å²) in [5.41, 5.74) is -0.469. The smallest absolute Gasteiger partial charge is 0.407 e. The topological polar surface area (TPSA) is 74.8 Å². The number of hydrogen-bond donors (Lipinski definition) is 3. The molecule has 6 nitrogen and oxygen atoms in total. The van der Waals surface area contributed by atoms with Gasteiger partial charge in [0.2, 0.25) is 0 Å². The Morgan fingerprint density at radius 3 is 2.14 bits per heavy atom. The average Bonchev–Trinajstić information content (AvgIpc) is 2.42. The number of nitrogens with one attached hydrogen (secondary N) is 3. The first-order chi connectivity index (χ1) is 10.3. The monoisotopic (exact) mass is 314 g/mol. The van der Waals surface area contributed by atoms with Gasteiger partial charge in [-0.05, 0) is 33.6 Å². The number of ether oxygens (including phenoxy) is 1. The highest BCUT2D eigenvalue weighted by Gasteiger charge is 2.15. The van der Waals surface area contributed by atoms with E-state index in [9.17, 15) is 4.79 Å². The van der Waals surface area contributed by atoms with Gasteiger partial charge >= 0.3 is 6.09 Å². The molecule has 0 saturated carbocycles. The van der Waals surface area contributed by atoms with E-state index >= 15 is 0 Å². The van der Waals surface area contributed by atoms with Gasteiger partial charge < -0.3 is 20.7 Å². The molecule has 22 heavy (non-hydrogen) atoms. The average molecular weight is 314 g/mol. The van der Waals surface area contributed by atoms with E-state index in [1.807, 2.05) is 27.7 Å². The Kier molecular flexibility index (Phi) is 10.4. The van der Waals surface area contributed by atoms with Gasteiger partial charge in [-0.1, -0.05) is 26.7 Å². The number of carbonyl (C=O) groups is 1. The molecule has 130 valence electrons. The van der Waals surface area contributed by atoms with Gasteiger partial charge in [0.25, 0.3) is 0 Å². The number of aliphatic imine (C=N–C) groups is 1. The van der Waals surface area contributed by atoms with Crippen LogP contribution in [0.15, 0.2) is 4.99 Å². The molecule has 0 aliphatic heterocycles. The molecular weight excluding hydrogens is 280 g/mol. The fourth-order valence-electron chi connectivity index (χ4n) is 1.77. The molecule has 1 amide bonds. The summed E-state index contributed by atoms with van der Waals surface area (Å²) in [7, 11) is 0. The third-order valence-electron chi connectivity index (χ3n) is 3.09. The summed E-state index contributed by atoms with van der Waals surface area (Å²) in [6.45, 7) is 14.7. The first kappa shape index (κ1) is 20.5. The summed E-state index contributed by atoms with van der Waals surface area (Å²) in [6.07, 6.45) is 1.88. The Morgan fingerprint density at radius 1 is 1.05 bits per heavy atom. The highest BCUT2D eigenvalue weighted by atomic mass is 16.6. The van der Waals surface area contributed by atoms with Crippen LogP contribution < -0.4 is 16.0 Å². The quantitative estimate of drug-likeness (QED) is 0.365. The lowest BCUT2D eigenvalue weighted by Crippen LogP contribution is -2.42. The Labute approximate surface area is 135 Å². The zero-order valence-corrected chi connectivity index (χ0v) is 15.1. The van der Waals surface area contributed by atoms with Gasteiger partial charge in [-0.15, -0.1) is 0 Å². The molecule has 0 heterocycles. The standard InChI is InChI=1S/C16H34N4O2/c1-7-13(8-2)12-20-14(17-9-3)18-10-11-19-15(21)22-16(4,5)6/h13H,7-12H2,1-6H3,(H,19,21)(H2,17,18,20). The van der Waals surface area contributed by atoms with Gasteiger partial charge in [-0.3, -0.25) is 4.99 Å². The lowest BCUT2D eigenvalue weighted by molar-refractivity contribution is 0.0529. The van der Waals surface area contributed by atoms with Gasteiger partial charge in [-0.25, -0.2) is 4.79 Å². The summed E-state index contributed by atoms with van der Waals surface area (Å²) in [5.74, 6) is 1.41. The molecule has 0 unspecified atom stereocenters. The molecule has 0 aromatic heterocycles. The van der Waals surface area contributed by atoms with Crippen LogP contribution >= 0.6 is 0 Å². The van der Waals surface area contributed by atoms with Crippen molar-refractivity contribution in [2.75, 3.05) is 26.2 Å². The number of amides is 1. The van der Waals surface area contributed by atoms with Crippen molar-refractivity contribution >= 4 is 12.1 Å². The minimum atomic E-state index is -0.469. The minimum absolute atomic E-state index is 0.395. The molecule has 3 N–H and O–H groups in total. The van der Waals surface area contributed by atoms with Gasteiger partial charge in [0, 0.05) is 26.2 Å². The van der Waals surface area contributed by atoms with Crippen LogP contribution in [-0.2, 0) is 4.74 Å². The summed E-state index contributed by atoms with van der Waals surface area (Å²) in [5, 5.41) is 9.14. The van der Waals surface area contributed by atoms with Gasteiger partial charge in [-0.2, -0.15) is 0 Å². The highest BCUT2D eigenvalue weighted by Crippen LogP contribution is 2.07. The second-order valence-electron chi connectivity index (χ2n) is 6.26.